The first kappa shape index (κ1) is 29.2. The molecular formula is C34H39IN2O5. The molecule has 2 aromatic rings. The van der Waals surface area contributed by atoms with Gasteiger partial charge in [-0.15, -0.1) is 0 Å². The van der Waals surface area contributed by atoms with E-state index in [9.17, 15) is 9.59 Å². The summed E-state index contributed by atoms with van der Waals surface area (Å²) in [4.78, 5) is 32.3. The number of carbonyl (C=O) groups excluding carboxylic acids is 2. The lowest BCUT2D eigenvalue weighted by Gasteiger charge is -2.31. The molecule has 3 heterocycles. The Morgan fingerprint density at radius 1 is 1.02 bits per heavy atom. The lowest BCUT2D eigenvalue weighted by Crippen LogP contribution is -2.45. The van der Waals surface area contributed by atoms with Crippen molar-refractivity contribution >= 4 is 45.8 Å². The first-order valence-corrected chi connectivity index (χ1v) is 16.3. The maximum Gasteiger partial charge on any atom is 0.306 e. The van der Waals surface area contributed by atoms with E-state index in [0.717, 1.165) is 88.0 Å². The predicted octanol–water partition coefficient (Wildman–Crippen LogP) is 7.40. The van der Waals surface area contributed by atoms with Crippen LogP contribution in [0.25, 0.3) is 16.7 Å². The number of fused-ring (bicyclic) bond motifs is 1. The second-order valence-electron chi connectivity index (χ2n) is 12.3. The highest BCUT2D eigenvalue weighted by molar-refractivity contribution is 14.1. The van der Waals surface area contributed by atoms with E-state index in [0.29, 0.717) is 6.54 Å². The van der Waals surface area contributed by atoms with Gasteiger partial charge in [0, 0.05) is 43.3 Å². The standard InChI is InChI=1S/C34H39IN2O5/c1-21(2)26(19-30(38)40-3)33(39)37-17-7-8-29(37)28-18-24(20-36-28)22-9-11-23(12-10-22)25-13-14-27(35)32-31(25)41-34(42-32)15-5-4-6-16-34/h9-14,20-21,26,29H,4-8,15-19H2,1-3H3/t26-,29-/m0/s1. The molecule has 42 heavy (non-hydrogen) atoms. The Balaban J connectivity index is 1.15. The van der Waals surface area contributed by atoms with Crippen molar-refractivity contribution in [2.24, 2.45) is 16.8 Å². The Labute approximate surface area is 261 Å². The van der Waals surface area contributed by atoms with Gasteiger partial charge in [0.25, 0.3) is 5.79 Å². The number of halogens is 1. The molecule has 1 saturated heterocycles. The summed E-state index contributed by atoms with van der Waals surface area (Å²) < 4.78 is 19.0. The zero-order chi connectivity index (χ0) is 29.4. The van der Waals surface area contributed by atoms with Gasteiger partial charge in [-0.1, -0.05) is 44.5 Å². The molecule has 3 aliphatic heterocycles. The fourth-order valence-corrected chi connectivity index (χ4v) is 7.34. The molecular weight excluding hydrogens is 643 g/mol. The Morgan fingerprint density at radius 3 is 2.45 bits per heavy atom. The van der Waals surface area contributed by atoms with Gasteiger partial charge in [0.05, 0.1) is 29.1 Å². The number of hydrogen-bond donors (Lipinski definition) is 0. The molecule has 7 nitrogen and oxygen atoms in total. The molecule has 8 heteroatoms. The Kier molecular flexibility index (Phi) is 8.35. The second kappa shape index (κ2) is 12.0. The minimum Gasteiger partial charge on any atom is -0.469 e. The van der Waals surface area contributed by atoms with Crippen molar-refractivity contribution in [2.45, 2.75) is 83.5 Å². The van der Waals surface area contributed by atoms with Gasteiger partial charge < -0.3 is 19.1 Å². The van der Waals surface area contributed by atoms with E-state index in [4.69, 9.17) is 19.2 Å². The topological polar surface area (TPSA) is 77.4 Å². The third-order valence-corrected chi connectivity index (χ3v) is 10.1. The van der Waals surface area contributed by atoms with E-state index in [-0.39, 0.29) is 36.2 Å². The van der Waals surface area contributed by atoms with Gasteiger partial charge in [-0.3, -0.25) is 14.6 Å². The Morgan fingerprint density at radius 2 is 1.74 bits per heavy atom. The Hall–Kier alpha value is -2.88. The highest BCUT2D eigenvalue weighted by Crippen LogP contribution is 2.52. The summed E-state index contributed by atoms with van der Waals surface area (Å²) in [7, 11) is 1.37. The molecule has 0 aromatic heterocycles. The summed E-state index contributed by atoms with van der Waals surface area (Å²) >= 11 is 2.34. The molecule has 222 valence electrons. The number of carbonyl (C=O) groups is 2. The van der Waals surface area contributed by atoms with Crippen molar-refractivity contribution in [3.8, 4) is 22.6 Å². The van der Waals surface area contributed by atoms with E-state index in [1.807, 2.05) is 24.9 Å². The van der Waals surface area contributed by atoms with Gasteiger partial charge in [0.15, 0.2) is 11.5 Å². The summed E-state index contributed by atoms with van der Waals surface area (Å²) in [5, 5.41) is 0. The van der Waals surface area contributed by atoms with Crippen LogP contribution in [0, 0.1) is 15.4 Å². The zero-order valence-corrected chi connectivity index (χ0v) is 26.8. The van der Waals surface area contributed by atoms with E-state index < -0.39 is 5.79 Å². The fourth-order valence-electron chi connectivity index (χ4n) is 6.80. The van der Waals surface area contributed by atoms with Crippen molar-refractivity contribution in [3.05, 3.63) is 51.7 Å². The van der Waals surface area contributed by atoms with Crippen molar-refractivity contribution < 1.29 is 23.8 Å². The molecule has 2 aromatic carbocycles. The van der Waals surface area contributed by atoms with E-state index in [1.165, 1.54) is 13.5 Å². The van der Waals surface area contributed by atoms with Crippen LogP contribution in [0.1, 0.15) is 77.2 Å². The number of ether oxygens (including phenoxy) is 3. The molecule has 1 amide bonds. The van der Waals surface area contributed by atoms with Gasteiger partial charge in [0.1, 0.15) is 0 Å². The molecule has 0 radical (unpaired) electrons. The van der Waals surface area contributed by atoms with Gasteiger partial charge in [0.2, 0.25) is 5.91 Å². The lowest BCUT2D eigenvalue weighted by molar-refractivity contribution is -0.148. The summed E-state index contributed by atoms with van der Waals surface area (Å²) in [6.45, 7) is 4.68. The van der Waals surface area contributed by atoms with Crippen LogP contribution in [0.15, 0.2) is 47.6 Å². The van der Waals surface area contributed by atoms with Crippen molar-refractivity contribution in [1.29, 1.82) is 0 Å². The fraction of sp³-hybridized carbons (Fsp3) is 0.500. The minimum atomic E-state index is -0.511. The zero-order valence-electron chi connectivity index (χ0n) is 24.7. The smallest absolute Gasteiger partial charge is 0.306 e. The van der Waals surface area contributed by atoms with Crippen LogP contribution in [0.5, 0.6) is 11.5 Å². The number of likely N-dealkylation sites (tertiary alicyclic amines) is 1. The van der Waals surface area contributed by atoms with E-state index >= 15 is 0 Å². The van der Waals surface area contributed by atoms with Crippen LogP contribution in [0.3, 0.4) is 0 Å². The van der Waals surface area contributed by atoms with Gasteiger partial charge in [-0.05, 0) is 83.0 Å². The number of esters is 1. The van der Waals surface area contributed by atoms with E-state index in [2.05, 4.69) is 59.0 Å². The van der Waals surface area contributed by atoms with Crippen LogP contribution in [-0.4, -0.2) is 48.0 Å². The van der Waals surface area contributed by atoms with Crippen LogP contribution in [0.4, 0.5) is 0 Å². The number of aliphatic imine (C=N–C) groups is 1. The summed E-state index contributed by atoms with van der Waals surface area (Å²) in [6.07, 6.45) is 9.98. The predicted molar refractivity (Wildman–Crippen MR) is 171 cm³/mol. The number of allylic oxidation sites excluding steroid dienone is 1. The molecule has 0 bridgehead atoms. The van der Waals surface area contributed by atoms with Crippen LogP contribution < -0.4 is 9.47 Å². The van der Waals surface area contributed by atoms with Crippen LogP contribution in [0.2, 0.25) is 0 Å². The summed E-state index contributed by atoms with van der Waals surface area (Å²) in [6, 6.07) is 12.8. The van der Waals surface area contributed by atoms with Crippen LogP contribution in [-0.2, 0) is 14.3 Å². The highest BCUT2D eigenvalue weighted by Gasteiger charge is 2.44. The normalized spacial score (nSPS) is 21.5. The largest absolute Gasteiger partial charge is 0.469 e. The number of amides is 1. The summed E-state index contributed by atoms with van der Waals surface area (Å²) in [5.41, 5.74) is 5.46. The second-order valence-corrected chi connectivity index (χ2v) is 13.4. The molecule has 1 spiro atoms. The molecule has 4 aliphatic rings. The maximum atomic E-state index is 13.6. The highest BCUT2D eigenvalue weighted by atomic mass is 127. The van der Waals surface area contributed by atoms with E-state index in [1.54, 1.807) is 0 Å². The number of hydrogen-bond acceptors (Lipinski definition) is 6. The van der Waals surface area contributed by atoms with Gasteiger partial charge in [-0.25, -0.2) is 0 Å². The van der Waals surface area contributed by atoms with Crippen molar-refractivity contribution in [3.63, 3.8) is 0 Å². The molecule has 1 saturated carbocycles. The molecule has 1 aliphatic carbocycles. The Bertz CT molecular complexity index is 1420. The average molecular weight is 683 g/mol. The third-order valence-electron chi connectivity index (χ3n) is 9.24. The molecule has 6 rings (SSSR count). The third kappa shape index (κ3) is 5.58. The summed E-state index contributed by atoms with van der Waals surface area (Å²) in [5.74, 6) is 0.580. The van der Waals surface area contributed by atoms with Crippen molar-refractivity contribution in [2.75, 3.05) is 13.7 Å². The average Bonchev–Trinajstić information content (AvgIpc) is 3.75. The number of nitrogens with zero attached hydrogens (tertiary/aromatic N) is 2. The molecule has 2 fully saturated rings. The maximum absolute atomic E-state index is 13.6. The number of benzene rings is 2. The SMILES string of the molecule is COC(=O)C[C@H](C(=O)N1CCC[C@H]1C1=NC=C(c2ccc(-c3ccc(I)c4c3OC3(CCCCC3)O4)cc2)C1)C(C)C. The molecule has 2 atom stereocenters. The quantitative estimate of drug-likeness (QED) is 0.225. The lowest BCUT2D eigenvalue weighted by atomic mass is 9.90. The number of rotatable bonds is 7. The first-order chi connectivity index (χ1) is 20.3. The monoisotopic (exact) mass is 682 g/mol. The van der Waals surface area contributed by atoms with Crippen molar-refractivity contribution in [1.82, 2.24) is 4.90 Å². The van der Waals surface area contributed by atoms with Crippen LogP contribution >= 0.6 is 22.6 Å². The molecule has 0 N–H and O–H groups in total. The minimum absolute atomic E-state index is 0.0249. The first-order valence-electron chi connectivity index (χ1n) is 15.2. The molecule has 0 unspecified atom stereocenters. The van der Waals surface area contributed by atoms with Gasteiger partial charge in [-0.2, -0.15) is 0 Å². The van der Waals surface area contributed by atoms with Gasteiger partial charge >= 0.3 is 5.97 Å². The number of methoxy groups -OCH3 is 1.